The van der Waals surface area contributed by atoms with E-state index >= 15 is 0 Å². The zero-order valence-electron chi connectivity index (χ0n) is 11.5. The molecule has 2 atom stereocenters. The number of imidazole rings is 1. The van der Waals surface area contributed by atoms with E-state index in [-0.39, 0.29) is 0 Å². The van der Waals surface area contributed by atoms with Gasteiger partial charge < -0.3 is 9.30 Å². The lowest BCUT2D eigenvalue weighted by molar-refractivity contribution is 0.175. The van der Waals surface area contributed by atoms with Crippen molar-refractivity contribution < 1.29 is 4.74 Å². The lowest BCUT2D eigenvalue weighted by atomic mass is 10.00. The molecule has 3 nitrogen and oxygen atoms in total. The molecule has 0 bridgehead atoms. The quantitative estimate of drug-likeness (QED) is 0.796. The largest absolute Gasteiger partial charge is 0.381 e. The molecule has 108 valence electrons. The van der Waals surface area contributed by atoms with Crippen LogP contribution in [0, 0.1) is 5.92 Å². The summed E-state index contributed by atoms with van der Waals surface area (Å²) in [6, 6.07) is 6.29. The van der Waals surface area contributed by atoms with Crippen LogP contribution in [0.3, 0.4) is 0 Å². The van der Waals surface area contributed by atoms with E-state index in [2.05, 4.69) is 17.6 Å². The molecule has 5 heteroatoms. The molecular formula is C15H18Cl2N2O. The van der Waals surface area contributed by atoms with E-state index in [0.29, 0.717) is 22.9 Å². The lowest BCUT2D eigenvalue weighted by Gasteiger charge is -2.22. The van der Waals surface area contributed by atoms with Crippen molar-refractivity contribution in [3.63, 3.8) is 0 Å². The topological polar surface area (TPSA) is 27.1 Å². The van der Waals surface area contributed by atoms with E-state index < -0.39 is 0 Å². The number of benzene rings is 1. The lowest BCUT2D eigenvalue weighted by Crippen LogP contribution is -2.19. The zero-order valence-corrected chi connectivity index (χ0v) is 13.0. The number of ether oxygens (including phenoxy) is 1. The standard InChI is InChI=1S/C15H18Cl2N2O/c1-10(11-6-8-20-9-11)19-13-4-2-3-12(17)15(13)18-14(19)5-7-16/h2-4,10-11H,5-9H2,1H3. The monoisotopic (exact) mass is 312 g/mol. The molecule has 0 N–H and O–H groups in total. The Labute approximate surface area is 128 Å². The maximum atomic E-state index is 6.27. The van der Waals surface area contributed by atoms with Gasteiger partial charge in [-0.25, -0.2) is 4.98 Å². The summed E-state index contributed by atoms with van der Waals surface area (Å²) in [6.07, 6.45) is 1.85. The first-order valence-corrected chi connectivity index (χ1v) is 7.92. The van der Waals surface area contributed by atoms with Crippen LogP contribution in [-0.4, -0.2) is 28.6 Å². The van der Waals surface area contributed by atoms with Crippen LogP contribution in [-0.2, 0) is 11.2 Å². The molecule has 1 saturated heterocycles. The van der Waals surface area contributed by atoms with Crippen LogP contribution >= 0.6 is 23.2 Å². The number of para-hydroxylation sites is 1. The fraction of sp³-hybridized carbons (Fsp3) is 0.533. The third-order valence-corrected chi connectivity index (χ3v) is 4.61. The smallest absolute Gasteiger partial charge is 0.111 e. The maximum Gasteiger partial charge on any atom is 0.111 e. The summed E-state index contributed by atoms with van der Waals surface area (Å²) in [5.41, 5.74) is 1.97. The average molecular weight is 313 g/mol. The molecular weight excluding hydrogens is 295 g/mol. The van der Waals surface area contributed by atoms with Gasteiger partial charge in [0.1, 0.15) is 11.3 Å². The summed E-state index contributed by atoms with van der Waals surface area (Å²) in [7, 11) is 0. The first-order valence-electron chi connectivity index (χ1n) is 7.01. The second kappa shape index (κ2) is 5.92. The minimum atomic E-state index is 0.346. The molecule has 1 fully saturated rings. The molecule has 0 spiro atoms. The summed E-state index contributed by atoms with van der Waals surface area (Å²) in [5, 5.41) is 0.701. The van der Waals surface area contributed by atoms with Gasteiger partial charge in [0.05, 0.1) is 17.1 Å². The fourth-order valence-electron chi connectivity index (χ4n) is 2.99. The Morgan fingerprint density at radius 3 is 3.05 bits per heavy atom. The number of aryl methyl sites for hydroxylation is 1. The SMILES string of the molecule is CC(C1CCOC1)n1c(CCCl)nc2c(Cl)cccc21. The van der Waals surface area contributed by atoms with Gasteiger partial charge in [0, 0.05) is 30.9 Å². The third kappa shape index (κ3) is 2.43. The van der Waals surface area contributed by atoms with Gasteiger partial charge in [0.15, 0.2) is 0 Å². The average Bonchev–Trinajstić information content (AvgIpc) is 3.06. The van der Waals surface area contributed by atoms with Gasteiger partial charge in [0.2, 0.25) is 0 Å². The van der Waals surface area contributed by atoms with Crippen molar-refractivity contribution in [2.45, 2.75) is 25.8 Å². The number of hydrogen-bond donors (Lipinski definition) is 0. The van der Waals surface area contributed by atoms with Gasteiger partial charge in [-0.15, -0.1) is 11.6 Å². The molecule has 1 aliphatic heterocycles. The predicted molar refractivity (Wildman–Crippen MR) is 82.8 cm³/mol. The van der Waals surface area contributed by atoms with Crippen LogP contribution < -0.4 is 0 Å². The Balaban J connectivity index is 2.10. The van der Waals surface area contributed by atoms with Crippen LogP contribution in [0.25, 0.3) is 11.0 Å². The van der Waals surface area contributed by atoms with Crippen molar-refractivity contribution in [2.24, 2.45) is 5.92 Å². The molecule has 2 unspecified atom stereocenters. The molecule has 1 aromatic carbocycles. The number of halogens is 2. The van der Waals surface area contributed by atoms with Crippen LogP contribution in [0.5, 0.6) is 0 Å². The highest BCUT2D eigenvalue weighted by molar-refractivity contribution is 6.34. The summed E-state index contributed by atoms with van der Waals surface area (Å²) in [6.45, 7) is 3.91. The van der Waals surface area contributed by atoms with Crippen LogP contribution in [0.4, 0.5) is 0 Å². The predicted octanol–water partition coefficient (Wildman–Crippen LogP) is 4.07. The van der Waals surface area contributed by atoms with Crippen molar-refractivity contribution in [1.82, 2.24) is 9.55 Å². The highest BCUT2D eigenvalue weighted by Crippen LogP contribution is 2.33. The molecule has 1 aromatic heterocycles. The summed E-state index contributed by atoms with van der Waals surface area (Å²) >= 11 is 12.2. The fourth-order valence-corrected chi connectivity index (χ4v) is 3.37. The number of aromatic nitrogens is 2. The first kappa shape index (κ1) is 14.2. The van der Waals surface area contributed by atoms with E-state index in [1.807, 2.05) is 12.1 Å². The van der Waals surface area contributed by atoms with Gasteiger partial charge in [-0.1, -0.05) is 17.7 Å². The molecule has 0 saturated carbocycles. The van der Waals surface area contributed by atoms with Crippen molar-refractivity contribution in [3.05, 3.63) is 29.0 Å². The second-order valence-electron chi connectivity index (χ2n) is 5.31. The van der Waals surface area contributed by atoms with Crippen LogP contribution in [0.1, 0.15) is 25.2 Å². The number of fused-ring (bicyclic) bond motifs is 1. The first-order chi connectivity index (χ1) is 9.72. The summed E-state index contributed by atoms with van der Waals surface area (Å²) in [5.74, 6) is 2.11. The van der Waals surface area contributed by atoms with Crippen LogP contribution in [0.15, 0.2) is 18.2 Å². The van der Waals surface area contributed by atoms with Crippen molar-refractivity contribution >= 4 is 34.2 Å². The minimum Gasteiger partial charge on any atom is -0.381 e. The second-order valence-corrected chi connectivity index (χ2v) is 6.09. The number of hydrogen-bond acceptors (Lipinski definition) is 2. The van der Waals surface area contributed by atoms with E-state index in [1.165, 1.54) is 0 Å². The number of rotatable bonds is 4. The molecule has 3 rings (SSSR count). The molecule has 2 heterocycles. The van der Waals surface area contributed by atoms with Gasteiger partial charge in [-0.2, -0.15) is 0 Å². The van der Waals surface area contributed by atoms with Crippen molar-refractivity contribution in [2.75, 3.05) is 19.1 Å². The molecule has 0 amide bonds. The Kier molecular flexibility index (Phi) is 4.20. The normalized spacial score (nSPS) is 20.6. The summed E-state index contributed by atoms with van der Waals surface area (Å²) in [4.78, 5) is 4.70. The number of nitrogens with zero attached hydrogens (tertiary/aromatic N) is 2. The summed E-state index contributed by atoms with van der Waals surface area (Å²) < 4.78 is 7.82. The Morgan fingerprint density at radius 1 is 1.50 bits per heavy atom. The van der Waals surface area contributed by atoms with E-state index in [9.17, 15) is 0 Å². The molecule has 20 heavy (non-hydrogen) atoms. The van der Waals surface area contributed by atoms with E-state index in [4.69, 9.17) is 32.9 Å². The number of alkyl halides is 1. The Bertz CT molecular complexity index is 605. The van der Waals surface area contributed by atoms with Crippen molar-refractivity contribution in [3.8, 4) is 0 Å². The highest BCUT2D eigenvalue weighted by Gasteiger charge is 2.27. The van der Waals surface area contributed by atoms with Crippen molar-refractivity contribution in [1.29, 1.82) is 0 Å². The molecule has 0 aliphatic carbocycles. The Hall–Kier alpha value is -0.770. The van der Waals surface area contributed by atoms with Gasteiger partial charge in [-0.3, -0.25) is 0 Å². The zero-order chi connectivity index (χ0) is 14.1. The molecule has 0 radical (unpaired) electrons. The molecule has 1 aliphatic rings. The van der Waals surface area contributed by atoms with Gasteiger partial charge in [-0.05, 0) is 25.5 Å². The minimum absolute atomic E-state index is 0.346. The highest BCUT2D eigenvalue weighted by atomic mass is 35.5. The van der Waals surface area contributed by atoms with E-state index in [1.54, 1.807) is 0 Å². The van der Waals surface area contributed by atoms with Gasteiger partial charge >= 0.3 is 0 Å². The third-order valence-electron chi connectivity index (χ3n) is 4.12. The van der Waals surface area contributed by atoms with E-state index in [0.717, 1.165) is 42.9 Å². The molecule has 2 aromatic rings. The maximum absolute atomic E-state index is 6.27. The van der Waals surface area contributed by atoms with Crippen LogP contribution in [0.2, 0.25) is 5.02 Å². The Morgan fingerprint density at radius 2 is 2.35 bits per heavy atom. The van der Waals surface area contributed by atoms with Gasteiger partial charge in [0.25, 0.3) is 0 Å².